The van der Waals surface area contributed by atoms with Crippen LogP contribution in [0.25, 0.3) is 0 Å². The molecule has 1 aliphatic carbocycles. The van der Waals surface area contributed by atoms with Gasteiger partial charge in [0.2, 0.25) is 0 Å². The van der Waals surface area contributed by atoms with E-state index in [0.717, 1.165) is 32.1 Å². The van der Waals surface area contributed by atoms with E-state index in [4.69, 9.17) is 4.74 Å². The molecule has 1 N–H and O–H groups in total. The van der Waals surface area contributed by atoms with Gasteiger partial charge in [-0.3, -0.25) is 4.99 Å². The number of halogens is 3. The molecule has 23 heavy (non-hydrogen) atoms. The summed E-state index contributed by atoms with van der Waals surface area (Å²) < 4.78 is 43.4. The highest BCUT2D eigenvalue weighted by Gasteiger charge is 2.41. The lowest BCUT2D eigenvalue weighted by Crippen LogP contribution is -2.43. The first kappa shape index (κ1) is 18.4. The summed E-state index contributed by atoms with van der Waals surface area (Å²) >= 11 is 0. The largest absolute Gasteiger partial charge is 0.391 e. The van der Waals surface area contributed by atoms with Crippen LogP contribution in [0.1, 0.15) is 32.1 Å². The highest BCUT2D eigenvalue weighted by molar-refractivity contribution is 5.79. The maximum atomic E-state index is 12.7. The van der Waals surface area contributed by atoms with E-state index < -0.39 is 12.1 Å². The summed E-state index contributed by atoms with van der Waals surface area (Å²) in [6.45, 7) is 3.21. The molecule has 1 aliphatic heterocycles. The first-order valence-corrected chi connectivity index (χ1v) is 8.46. The molecule has 7 heteroatoms. The van der Waals surface area contributed by atoms with E-state index in [9.17, 15) is 13.2 Å². The maximum Gasteiger partial charge on any atom is 0.391 e. The van der Waals surface area contributed by atoms with Crippen LogP contribution in [0.15, 0.2) is 4.99 Å². The smallest absolute Gasteiger partial charge is 0.381 e. The topological polar surface area (TPSA) is 36.9 Å². The van der Waals surface area contributed by atoms with Gasteiger partial charge in [0.1, 0.15) is 0 Å². The van der Waals surface area contributed by atoms with Crippen LogP contribution in [0.3, 0.4) is 0 Å². The number of alkyl halides is 3. The van der Waals surface area contributed by atoms with Gasteiger partial charge in [0.05, 0.1) is 12.5 Å². The van der Waals surface area contributed by atoms with E-state index >= 15 is 0 Å². The number of ether oxygens (including phenoxy) is 1. The fourth-order valence-corrected chi connectivity index (χ4v) is 3.52. The second kappa shape index (κ2) is 8.22. The molecule has 1 atom stereocenters. The van der Waals surface area contributed by atoms with Gasteiger partial charge in [-0.2, -0.15) is 13.2 Å². The van der Waals surface area contributed by atoms with Crippen molar-refractivity contribution in [3.05, 3.63) is 0 Å². The Kier molecular flexibility index (Phi) is 6.56. The van der Waals surface area contributed by atoms with Crippen molar-refractivity contribution in [1.82, 2.24) is 10.2 Å². The SMILES string of the molecule is CN=C(NCC1CCC(C(F)(F)F)CC1)N(C)CC1CCOC1. The monoisotopic (exact) mass is 335 g/mol. The number of hydrogen-bond acceptors (Lipinski definition) is 2. The van der Waals surface area contributed by atoms with Crippen molar-refractivity contribution < 1.29 is 17.9 Å². The summed E-state index contributed by atoms with van der Waals surface area (Å²) in [4.78, 5) is 6.36. The van der Waals surface area contributed by atoms with Crippen LogP contribution >= 0.6 is 0 Å². The number of nitrogens with one attached hydrogen (secondary N) is 1. The molecule has 2 rings (SSSR count). The third kappa shape index (κ3) is 5.55. The Morgan fingerprint density at radius 1 is 1.17 bits per heavy atom. The average molecular weight is 335 g/mol. The summed E-state index contributed by atoms with van der Waals surface area (Å²) in [5, 5.41) is 3.32. The number of nitrogens with zero attached hydrogens (tertiary/aromatic N) is 2. The lowest BCUT2D eigenvalue weighted by Gasteiger charge is -2.31. The van der Waals surface area contributed by atoms with Crippen LogP contribution in [0.4, 0.5) is 13.2 Å². The molecule has 2 aliphatic rings. The number of hydrogen-bond donors (Lipinski definition) is 1. The summed E-state index contributed by atoms with van der Waals surface area (Å²) in [6, 6.07) is 0. The zero-order chi connectivity index (χ0) is 16.9. The fraction of sp³-hybridized carbons (Fsp3) is 0.938. The maximum absolute atomic E-state index is 12.7. The molecule has 0 aromatic rings. The molecule has 0 amide bonds. The van der Waals surface area contributed by atoms with Crippen LogP contribution in [0, 0.1) is 17.8 Å². The second-order valence-corrected chi connectivity index (χ2v) is 6.80. The van der Waals surface area contributed by atoms with Crippen molar-refractivity contribution in [2.45, 2.75) is 38.3 Å². The Balaban J connectivity index is 1.71. The van der Waals surface area contributed by atoms with Crippen molar-refractivity contribution in [2.24, 2.45) is 22.7 Å². The van der Waals surface area contributed by atoms with Gasteiger partial charge in [-0.15, -0.1) is 0 Å². The van der Waals surface area contributed by atoms with Crippen LogP contribution in [0.5, 0.6) is 0 Å². The zero-order valence-electron chi connectivity index (χ0n) is 14.0. The highest BCUT2D eigenvalue weighted by Crippen LogP contribution is 2.39. The summed E-state index contributed by atoms with van der Waals surface area (Å²) in [5.74, 6) is 0.535. The summed E-state index contributed by atoms with van der Waals surface area (Å²) in [5.41, 5.74) is 0. The second-order valence-electron chi connectivity index (χ2n) is 6.80. The standard InChI is InChI=1S/C16H28F3N3O/c1-20-15(22(2)10-13-7-8-23-11-13)21-9-12-3-5-14(6-4-12)16(17,18)19/h12-14H,3-11H2,1-2H3,(H,20,21). The van der Waals surface area contributed by atoms with Crippen molar-refractivity contribution in [1.29, 1.82) is 0 Å². The molecule has 0 aromatic carbocycles. The molecule has 4 nitrogen and oxygen atoms in total. The van der Waals surface area contributed by atoms with Crippen LogP contribution in [-0.4, -0.2) is 57.4 Å². The first-order chi connectivity index (χ1) is 10.9. The molecule has 0 radical (unpaired) electrons. The Labute approximate surface area is 136 Å². The van der Waals surface area contributed by atoms with Gasteiger partial charge in [-0.25, -0.2) is 0 Å². The van der Waals surface area contributed by atoms with Gasteiger partial charge in [-0.05, 0) is 38.0 Å². The lowest BCUT2D eigenvalue weighted by molar-refractivity contribution is -0.183. The molecule has 0 aromatic heterocycles. The van der Waals surface area contributed by atoms with E-state index in [1.807, 2.05) is 7.05 Å². The molecule has 1 unspecified atom stereocenters. The van der Waals surface area contributed by atoms with Crippen molar-refractivity contribution >= 4 is 5.96 Å². The minimum absolute atomic E-state index is 0.254. The quantitative estimate of drug-likeness (QED) is 0.634. The van der Waals surface area contributed by atoms with E-state index in [1.54, 1.807) is 7.05 Å². The normalized spacial score (nSPS) is 29.6. The van der Waals surface area contributed by atoms with Gasteiger partial charge in [0.15, 0.2) is 5.96 Å². The highest BCUT2D eigenvalue weighted by atomic mass is 19.4. The van der Waals surface area contributed by atoms with Crippen LogP contribution in [-0.2, 0) is 4.74 Å². The summed E-state index contributed by atoms with van der Waals surface area (Å²) in [7, 11) is 3.73. The van der Waals surface area contributed by atoms with E-state index in [1.165, 1.54) is 0 Å². The number of aliphatic imine (C=N–C) groups is 1. The minimum atomic E-state index is -4.03. The molecule has 1 saturated carbocycles. The molecular formula is C16H28F3N3O. The average Bonchev–Trinajstić information content (AvgIpc) is 3.00. The molecule has 0 spiro atoms. The predicted molar refractivity (Wildman–Crippen MR) is 84.4 cm³/mol. The molecule has 0 bridgehead atoms. The third-order valence-electron chi connectivity index (χ3n) is 4.99. The van der Waals surface area contributed by atoms with Crippen molar-refractivity contribution in [3.63, 3.8) is 0 Å². The Morgan fingerprint density at radius 2 is 1.87 bits per heavy atom. The Hall–Kier alpha value is -0.980. The van der Waals surface area contributed by atoms with E-state index in [0.29, 0.717) is 31.2 Å². The number of rotatable bonds is 4. The molecular weight excluding hydrogens is 307 g/mol. The van der Waals surface area contributed by atoms with E-state index in [2.05, 4.69) is 15.2 Å². The number of guanidine groups is 1. The molecule has 1 saturated heterocycles. The lowest BCUT2D eigenvalue weighted by atomic mass is 9.81. The first-order valence-electron chi connectivity index (χ1n) is 8.46. The van der Waals surface area contributed by atoms with Gasteiger partial charge < -0.3 is 15.0 Å². The van der Waals surface area contributed by atoms with Crippen LogP contribution in [0.2, 0.25) is 0 Å². The van der Waals surface area contributed by atoms with Crippen molar-refractivity contribution in [2.75, 3.05) is 40.4 Å². The summed E-state index contributed by atoms with van der Waals surface area (Å²) in [6.07, 6.45) is -1.18. The van der Waals surface area contributed by atoms with Crippen molar-refractivity contribution in [3.8, 4) is 0 Å². The minimum Gasteiger partial charge on any atom is -0.381 e. The van der Waals surface area contributed by atoms with Crippen LogP contribution < -0.4 is 5.32 Å². The Morgan fingerprint density at radius 3 is 2.39 bits per heavy atom. The van der Waals surface area contributed by atoms with Gasteiger partial charge in [-0.1, -0.05) is 0 Å². The molecule has 134 valence electrons. The van der Waals surface area contributed by atoms with Gasteiger partial charge in [0, 0.05) is 39.7 Å². The molecule has 1 heterocycles. The van der Waals surface area contributed by atoms with Gasteiger partial charge in [0.25, 0.3) is 0 Å². The zero-order valence-corrected chi connectivity index (χ0v) is 14.0. The Bertz CT molecular complexity index is 387. The third-order valence-corrected chi connectivity index (χ3v) is 4.99. The fourth-order valence-electron chi connectivity index (χ4n) is 3.52. The van der Waals surface area contributed by atoms with Gasteiger partial charge >= 0.3 is 6.18 Å². The predicted octanol–water partition coefficient (Wildman–Crippen LogP) is 2.90. The molecule has 2 fully saturated rings. The van der Waals surface area contributed by atoms with E-state index in [-0.39, 0.29) is 12.8 Å².